The third kappa shape index (κ3) is 2.32. The van der Waals surface area contributed by atoms with Crippen LogP contribution in [0.2, 0.25) is 0 Å². The molecule has 0 aliphatic heterocycles. The van der Waals surface area contributed by atoms with Crippen LogP contribution >= 0.6 is 12.4 Å². The third-order valence-corrected chi connectivity index (χ3v) is 3.44. The minimum atomic E-state index is -0.396. The summed E-state index contributed by atoms with van der Waals surface area (Å²) in [4.78, 5) is 3.16. The van der Waals surface area contributed by atoms with E-state index in [1.165, 1.54) is 5.39 Å². The van der Waals surface area contributed by atoms with Gasteiger partial charge in [0.15, 0.2) is 0 Å². The van der Waals surface area contributed by atoms with Gasteiger partial charge in [-0.1, -0.05) is 12.1 Å². The highest BCUT2D eigenvalue weighted by Crippen LogP contribution is 2.37. The molecule has 1 heterocycles. The summed E-state index contributed by atoms with van der Waals surface area (Å²) in [7, 11) is 0. The number of hydrogen-bond donors (Lipinski definition) is 3. The van der Waals surface area contributed by atoms with E-state index in [-0.39, 0.29) is 18.4 Å². The number of aliphatic hydroxyl groups is 1. The summed E-state index contributed by atoms with van der Waals surface area (Å²) in [6.45, 7) is 0. The lowest BCUT2D eigenvalue weighted by Gasteiger charge is -2.18. The fraction of sp³-hybridized carbons (Fsp3) is 0.385. The average molecular weight is 253 g/mol. The molecule has 4 heteroatoms. The van der Waals surface area contributed by atoms with Crippen LogP contribution in [-0.4, -0.2) is 16.2 Å². The summed E-state index contributed by atoms with van der Waals surface area (Å²) >= 11 is 0. The minimum Gasteiger partial charge on any atom is -0.391 e. The van der Waals surface area contributed by atoms with Gasteiger partial charge in [-0.15, -0.1) is 12.4 Å². The van der Waals surface area contributed by atoms with Gasteiger partial charge in [-0.2, -0.15) is 0 Å². The molecular formula is C13H17ClN2O. The van der Waals surface area contributed by atoms with E-state index in [0.29, 0.717) is 5.92 Å². The quantitative estimate of drug-likeness (QED) is 0.785. The fourth-order valence-corrected chi connectivity index (χ4v) is 2.20. The molecule has 92 valence electrons. The van der Waals surface area contributed by atoms with Gasteiger partial charge in [-0.05, 0) is 41.8 Å². The van der Waals surface area contributed by atoms with Crippen molar-refractivity contribution in [3.8, 4) is 0 Å². The van der Waals surface area contributed by atoms with Crippen molar-refractivity contribution in [1.29, 1.82) is 0 Å². The van der Waals surface area contributed by atoms with Crippen LogP contribution in [0.3, 0.4) is 0 Å². The van der Waals surface area contributed by atoms with Crippen LogP contribution in [0, 0.1) is 5.92 Å². The average Bonchev–Trinajstić information content (AvgIpc) is 3.05. The predicted octanol–water partition coefficient (Wildman–Crippen LogP) is 2.36. The number of aromatic nitrogens is 1. The van der Waals surface area contributed by atoms with Crippen molar-refractivity contribution in [1.82, 2.24) is 4.98 Å². The lowest BCUT2D eigenvalue weighted by Crippen LogP contribution is -2.27. The standard InChI is InChI=1S/C13H16N2O.ClH/c14-12(13(16)9-2-3-9)10-4-1-8-5-6-15-11(8)7-10;/h1,4-7,9,12-13,15-16H,2-3,14H2;1H/t12-,13+;/m1./s1. The van der Waals surface area contributed by atoms with Crippen LogP contribution in [0.1, 0.15) is 24.4 Å². The number of aromatic amines is 1. The first-order chi connectivity index (χ1) is 7.75. The molecule has 1 aromatic carbocycles. The van der Waals surface area contributed by atoms with Crippen molar-refractivity contribution in [2.45, 2.75) is 25.0 Å². The number of halogens is 1. The summed E-state index contributed by atoms with van der Waals surface area (Å²) in [5.74, 6) is 0.411. The molecule has 0 amide bonds. The molecule has 0 saturated heterocycles. The van der Waals surface area contributed by atoms with Crippen molar-refractivity contribution in [3.63, 3.8) is 0 Å². The smallest absolute Gasteiger partial charge is 0.0760 e. The predicted molar refractivity (Wildman–Crippen MR) is 71.2 cm³/mol. The second kappa shape index (κ2) is 4.69. The van der Waals surface area contributed by atoms with Gasteiger partial charge in [0, 0.05) is 11.7 Å². The molecule has 2 aromatic rings. The fourth-order valence-electron chi connectivity index (χ4n) is 2.20. The Morgan fingerprint density at radius 2 is 2.06 bits per heavy atom. The molecule has 2 atom stereocenters. The Morgan fingerprint density at radius 3 is 2.76 bits per heavy atom. The molecule has 1 aromatic heterocycles. The lowest BCUT2D eigenvalue weighted by molar-refractivity contribution is 0.122. The molecule has 1 aliphatic carbocycles. The summed E-state index contributed by atoms with van der Waals surface area (Å²) in [6.07, 6.45) is 3.74. The molecule has 1 fully saturated rings. The van der Waals surface area contributed by atoms with Crippen molar-refractivity contribution in [3.05, 3.63) is 36.0 Å². The maximum Gasteiger partial charge on any atom is 0.0760 e. The van der Waals surface area contributed by atoms with Gasteiger partial charge in [0.25, 0.3) is 0 Å². The summed E-state index contributed by atoms with van der Waals surface area (Å²) < 4.78 is 0. The zero-order valence-corrected chi connectivity index (χ0v) is 10.3. The number of rotatable bonds is 3. The zero-order chi connectivity index (χ0) is 11.1. The van der Waals surface area contributed by atoms with E-state index in [1.54, 1.807) is 0 Å². The summed E-state index contributed by atoms with van der Waals surface area (Å²) in [5, 5.41) is 11.2. The SMILES string of the molecule is Cl.N[C@H](c1ccc2cc[nH]c2c1)[C@@H](O)C1CC1. The molecule has 4 N–H and O–H groups in total. The molecule has 0 radical (unpaired) electrons. The summed E-state index contributed by atoms with van der Waals surface area (Å²) in [6, 6.07) is 7.85. The maximum atomic E-state index is 10.00. The molecule has 3 rings (SSSR count). The topological polar surface area (TPSA) is 62.0 Å². The zero-order valence-electron chi connectivity index (χ0n) is 9.47. The summed E-state index contributed by atoms with van der Waals surface area (Å²) in [5.41, 5.74) is 8.16. The first kappa shape index (κ1) is 12.4. The Labute approximate surface area is 106 Å². The van der Waals surface area contributed by atoms with E-state index < -0.39 is 6.10 Å². The Hall–Kier alpha value is -1.03. The van der Waals surface area contributed by atoms with E-state index in [4.69, 9.17) is 5.73 Å². The largest absolute Gasteiger partial charge is 0.391 e. The normalized spacial score (nSPS) is 18.7. The molecule has 0 bridgehead atoms. The van der Waals surface area contributed by atoms with E-state index >= 15 is 0 Å². The molecule has 1 saturated carbocycles. The van der Waals surface area contributed by atoms with Crippen LogP contribution in [0.25, 0.3) is 10.9 Å². The second-order valence-electron chi connectivity index (χ2n) is 4.68. The van der Waals surface area contributed by atoms with Gasteiger partial charge in [0.2, 0.25) is 0 Å². The van der Waals surface area contributed by atoms with Gasteiger partial charge in [-0.25, -0.2) is 0 Å². The first-order valence-electron chi connectivity index (χ1n) is 5.76. The Balaban J connectivity index is 0.00000108. The molecule has 1 aliphatic rings. The monoisotopic (exact) mass is 252 g/mol. The van der Waals surface area contributed by atoms with E-state index in [1.807, 2.05) is 30.5 Å². The molecular weight excluding hydrogens is 236 g/mol. The van der Waals surface area contributed by atoms with Gasteiger partial charge in [0.1, 0.15) is 0 Å². The van der Waals surface area contributed by atoms with E-state index in [2.05, 4.69) is 4.98 Å². The lowest BCUT2D eigenvalue weighted by atomic mass is 9.98. The Kier molecular flexibility index (Phi) is 3.43. The second-order valence-corrected chi connectivity index (χ2v) is 4.68. The maximum absolute atomic E-state index is 10.00. The highest BCUT2D eigenvalue weighted by atomic mass is 35.5. The Bertz CT molecular complexity index is 507. The van der Waals surface area contributed by atoms with Crippen LogP contribution < -0.4 is 5.73 Å². The van der Waals surface area contributed by atoms with Gasteiger partial charge < -0.3 is 15.8 Å². The highest BCUT2D eigenvalue weighted by molar-refractivity contribution is 5.85. The number of nitrogens with one attached hydrogen (secondary N) is 1. The Morgan fingerprint density at radius 1 is 1.29 bits per heavy atom. The van der Waals surface area contributed by atoms with Crippen molar-refractivity contribution >= 4 is 23.3 Å². The van der Waals surface area contributed by atoms with Gasteiger partial charge in [0.05, 0.1) is 12.1 Å². The highest BCUT2D eigenvalue weighted by Gasteiger charge is 2.34. The number of hydrogen-bond acceptors (Lipinski definition) is 2. The van der Waals surface area contributed by atoms with Crippen molar-refractivity contribution in [2.75, 3.05) is 0 Å². The number of H-pyrrole nitrogens is 1. The number of fused-ring (bicyclic) bond motifs is 1. The number of nitrogens with two attached hydrogens (primary N) is 1. The van der Waals surface area contributed by atoms with Crippen molar-refractivity contribution < 1.29 is 5.11 Å². The molecule has 0 spiro atoms. The third-order valence-electron chi connectivity index (χ3n) is 3.44. The van der Waals surface area contributed by atoms with Gasteiger partial charge in [-0.3, -0.25) is 0 Å². The van der Waals surface area contributed by atoms with E-state index in [9.17, 15) is 5.11 Å². The molecule has 0 unspecified atom stereocenters. The minimum absolute atomic E-state index is 0. The van der Waals surface area contributed by atoms with Crippen molar-refractivity contribution in [2.24, 2.45) is 11.7 Å². The van der Waals surface area contributed by atoms with Gasteiger partial charge >= 0.3 is 0 Å². The van der Waals surface area contributed by atoms with E-state index in [0.717, 1.165) is 23.9 Å². The number of benzene rings is 1. The number of aliphatic hydroxyl groups excluding tert-OH is 1. The van der Waals surface area contributed by atoms with Crippen LogP contribution in [-0.2, 0) is 0 Å². The van der Waals surface area contributed by atoms with Crippen LogP contribution in [0.4, 0.5) is 0 Å². The first-order valence-corrected chi connectivity index (χ1v) is 5.76. The molecule has 17 heavy (non-hydrogen) atoms. The van der Waals surface area contributed by atoms with Crippen LogP contribution in [0.5, 0.6) is 0 Å². The molecule has 3 nitrogen and oxygen atoms in total. The van der Waals surface area contributed by atoms with Crippen LogP contribution in [0.15, 0.2) is 30.5 Å².